The Hall–Kier alpha value is -0.0300. The van der Waals surface area contributed by atoms with Gasteiger partial charge >= 0.3 is 0 Å². The first-order valence-corrected chi connectivity index (χ1v) is 5.80. The zero-order valence-corrected chi connectivity index (χ0v) is 12.5. The Morgan fingerprint density at radius 3 is 2.35 bits per heavy atom. The molecule has 1 aliphatic heterocycles. The van der Waals surface area contributed by atoms with Gasteiger partial charge in [-0.2, -0.15) is 0 Å². The van der Waals surface area contributed by atoms with Gasteiger partial charge in [0.1, 0.15) is 0 Å². The predicted molar refractivity (Wildman–Crippen MR) is 76.3 cm³/mol. The Morgan fingerprint density at radius 1 is 1.35 bits per heavy atom. The van der Waals surface area contributed by atoms with Crippen molar-refractivity contribution in [2.24, 2.45) is 0 Å². The van der Waals surface area contributed by atoms with Crippen LogP contribution in [0.15, 0.2) is 0 Å². The average molecular weight is 286 g/mol. The lowest BCUT2D eigenvalue weighted by molar-refractivity contribution is -0.123. The second-order valence-corrected chi connectivity index (χ2v) is 4.60. The number of carbonyl (C=O) groups is 1. The molecule has 1 rings (SSSR count). The first kappa shape index (κ1) is 19.3. The Balaban J connectivity index is 0. The van der Waals surface area contributed by atoms with Crippen LogP contribution in [0.1, 0.15) is 26.7 Å². The second-order valence-electron chi connectivity index (χ2n) is 4.60. The quantitative estimate of drug-likeness (QED) is 0.811. The minimum absolute atomic E-state index is 0. The topological polar surface area (TPSA) is 44.4 Å². The summed E-state index contributed by atoms with van der Waals surface area (Å²) in [4.78, 5) is 13.7. The highest BCUT2D eigenvalue weighted by Crippen LogP contribution is 2.02. The van der Waals surface area contributed by atoms with Gasteiger partial charge in [-0.15, -0.1) is 24.8 Å². The van der Waals surface area contributed by atoms with Crippen molar-refractivity contribution in [1.29, 1.82) is 0 Å². The fourth-order valence-electron chi connectivity index (χ4n) is 1.65. The molecule has 0 aliphatic carbocycles. The van der Waals surface area contributed by atoms with Crippen molar-refractivity contribution >= 4 is 30.7 Å². The molecule has 0 aromatic rings. The standard InChI is InChI=1S/C11H23N3O.2ClH/c1-9(2)14(3)8-11(15)13-10-4-6-12-7-5-10;;/h9-10,12H,4-8H2,1-3H3,(H,13,15);2*1H. The van der Waals surface area contributed by atoms with E-state index in [1.54, 1.807) is 0 Å². The van der Waals surface area contributed by atoms with Crippen molar-refractivity contribution in [3.63, 3.8) is 0 Å². The van der Waals surface area contributed by atoms with Crippen LogP contribution >= 0.6 is 24.8 Å². The van der Waals surface area contributed by atoms with Crippen LogP contribution < -0.4 is 10.6 Å². The number of likely N-dealkylation sites (N-methyl/N-ethyl adjacent to an activating group) is 1. The molecule has 1 aliphatic rings. The molecule has 0 atom stereocenters. The molecule has 2 N–H and O–H groups in total. The zero-order chi connectivity index (χ0) is 11.3. The van der Waals surface area contributed by atoms with Gasteiger partial charge in [-0.1, -0.05) is 0 Å². The Morgan fingerprint density at radius 2 is 1.88 bits per heavy atom. The molecular weight excluding hydrogens is 261 g/mol. The molecule has 0 saturated carbocycles. The van der Waals surface area contributed by atoms with Gasteiger partial charge in [-0.3, -0.25) is 9.69 Å². The number of amides is 1. The fourth-order valence-corrected chi connectivity index (χ4v) is 1.65. The zero-order valence-electron chi connectivity index (χ0n) is 10.9. The molecule has 17 heavy (non-hydrogen) atoms. The summed E-state index contributed by atoms with van der Waals surface area (Å²) in [5.74, 6) is 0.151. The van der Waals surface area contributed by atoms with Crippen molar-refractivity contribution in [1.82, 2.24) is 15.5 Å². The molecule has 4 nitrogen and oxygen atoms in total. The molecule has 0 unspecified atom stereocenters. The fraction of sp³-hybridized carbons (Fsp3) is 0.909. The SMILES string of the molecule is CC(C)N(C)CC(=O)NC1CCNCC1.Cl.Cl. The number of rotatable bonds is 4. The molecule has 104 valence electrons. The van der Waals surface area contributed by atoms with Gasteiger partial charge in [0.15, 0.2) is 0 Å². The van der Waals surface area contributed by atoms with E-state index in [1.165, 1.54) is 0 Å². The third-order valence-electron chi connectivity index (χ3n) is 2.98. The lowest BCUT2D eigenvalue weighted by Crippen LogP contribution is -2.46. The van der Waals surface area contributed by atoms with Crippen molar-refractivity contribution < 1.29 is 4.79 Å². The maximum Gasteiger partial charge on any atom is 0.234 e. The number of halogens is 2. The maximum absolute atomic E-state index is 11.7. The third kappa shape index (κ3) is 7.82. The molecule has 1 fully saturated rings. The van der Waals surface area contributed by atoms with Crippen LogP contribution in [0.4, 0.5) is 0 Å². The summed E-state index contributed by atoms with van der Waals surface area (Å²) in [7, 11) is 1.98. The summed E-state index contributed by atoms with van der Waals surface area (Å²) in [6.45, 7) is 6.73. The lowest BCUT2D eigenvalue weighted by Gasteiger charge is -2.26. The highest BCUT2D eigenvalue weighted by atomic mass is 35.5. The highest BCUT2D eigenvalue weighted by molar-refractivity contribution is 5.85. The van der Waals surface area contributed by atoms with Gasteiger partial charge in [0.25, 0.3) is 0 Å². The molecule has 1 heterocycles. The maximum atomic E-state index is 11.7. The number of hydrogen-bond donors (Lipinski definition) is 2. The van der Waals surface area contributed by atoms with Gasteiger partial charge in [0.2, 0.25) is 5.91 Å². The van der Waals surface area contributed by atoms with E-state index in [1.807, 2.05) is 7.05 Å². The van der Waals surface area contributed by atoms with Gasteiger partial charge in [-0.05, 0) is 46.8 Å². The van der Waals surface area contributed by atoms with E-state index in [0.717, 1.165) is 25.9 Å². The summed E-state index contributed by atoms with van der Waals surface area (Å²) >= 11 is 0. The number of carbonyl (C=O) groups excluding carboxylic acids is 1. The van der Waals surface area contributed by atoms with E-state index in [0.29, 0.717) is 18.6 Å². The van der Waals surface area contributed by atoms with Crippen LogP contribution in [-0.4, -0.2) is 49.6 Å². The smallest absolute Gasteiger partial charge is 0.234 e. The van der Waals surface area contributed by atoms with E-state index in [-0.39, 0.29) is 30.7 Å². The summed E-state index contributed by atoms with van der Waals surface area (Å²) in [6, 6.07) is 0.795. The lowest BCUT2D eigenvalue weighted by atomic mass is 10.1. The molecule has 1 amide bonds. The van der Waals surface area contributed by atoms with Crippen LogP contribution in [0, 0.1) is 0 Å². The summed E-state index contributed by atoms with van der Waals surface area (Å²) < 4.78 is 0. The summed E-state index contributed by atoms with van der Waals surface area (Å²) in [5, 5.41) is 6.37. The van der Waals surface area contributed by atoms with Crippen LogP contribution in [0.25, 0.3) is 0 Å². The largest absolute Gasteiger partial charge is 0.352 e. The van der Waals surface area contributed by atoms with Crippen molar-refractivity contribution in [3.8, 4) is 0 Å². The molecule has 0 spiro atoms. The van der Waals surface area contributed by atoms with E-state index < -0.39 is 0 Å². The van der Waals surface area contributed by atoms with Crippen LogP contribution in [0.3, 0.4) is 0 Å². The van der Waals surface area contributed by atoms with E-state index in [4.69, 9.17) is 0 Å². The number of hydrogen-bond acceptors (Lipinski definition) is 3. The first-order chi connectivity index (χ1) is 7.09. The Bertz CT molecular complexity index is 209. The van der Waals surface area contributed by atoms with Crippen LogP contribution in [0.5, 0.6) is 0 Å². The normalized spacial score (nSPS) is 16.3. The van der Waals surface area contributed by atoms with Crippen LogP contribution in [0.2, 0.25) is 0 Å². The Labute approximate surface area is 117 Å². The number of piperidine rings is 1. The van der Waals surface area contributed by atoms with Gasteiger partial charge in [0.05, 0.1) is 6.54 Å². The van der Waals surface area contributed by atoms with E-state index in [9.17, 15) is 4.79 Å². The Kier molecular flexibility index (Phi) is 11.3. The van der Waals surface area contributed by atoms with Crippen molar-refractivity contribution in [2.75, 3.05) is 26.7 Å². The van der Waals surface area contributed by atoms with E-state index in [2.05, 4.69) is 29.4 Å². The molecular formula is C11H25Cl2N3O. The van der Waals surface area contributed by atoms with Gasteiger partial charge in [0, 0.05) is 12.1 Å². The molecule has 1 saturated heterocycles. The highest BCUT2D eigenvalue weighted by Gasteiger charge is 2.16. The van der Waals surface area contributed by atoms with Gasteiger partial charge in [-0.25, -0.2) is 0 Å². The van der Waals surface area contributed by atoms with Crippen molar-refractivity contribution in [2.45, 2.75) is 38.8 Å². The molecule has 0 radical (unpaired) electrons. The minimum atomic E-state index is 0. The van der Waals surface area contributed by atoms with Crippen LogP contribution in [-0.2, 0) is 4.79 Å². The number of nitrogens with zero attached hydrogens (tertiary/aromatic N) is 1. The van der Waals surface area contributed by atoms with Gasteiger partial charge < -0.3 is 10.6 Å². The first-order valence-electron chi connectivity index (χ1n) is 5.80. The molecule has 0 bridgehead atoms. The summed E-state index contributed by atoms with van der Waals surface area (Å²) in [5.41, 5.74) is 0. The molecule has 0 aromatic carbocycles. The molecule has 0 aromatic heterocycles. The van der Waals surface area contributed by atoms with E-state index >= 15 is 0 Å². The minimum Gasteiger partial charge on any atom is -0.352 e. The third-order valence-corrected chi connectivity index (χ3v) is 2.98. The summed E-state index contributed by atoms with van der Waals surface area (Å²) in [6.07, 6.45) is 2.11. The average Bonchev–Trinajstić information content (AvgIpc) is 2.18. The number of nitrogens with one attached hydrogen (secondary N) is 2. The second kappa shape index (κ2) is 9.95. The molecule has 6 heteroatoms. The monoisotopic (exact) mass is 285 g/mol. The van der Waals surface area contributed by atoms with Crippen molar-refractivity contribution in [3.05, 3.63) is 0 Å². The predicted octanol–water partition coefficient (Wildman–Crippen LogP) is 1.04.